The summed E-state index contributed by atoms with van der Waals surface area (Å²) in [5, 5.41) is 0.894. The number of hydrogen-bond acceptors (Lipinski definition) is 2. The molecule has 0 aromatic carbocycles. The quantitative estimate of drug-likeness (QED) is 0.541. The van der Waals surface area contributed by atoms with Gasteiger partial charge >= 0.3 is 0 Å². The van der Waals surface area contributed by atoms with Crippen LogP contribution in [-0.4, -0.2) is 6.66 Å². The molecule has 1 rings (SSSR count). The first-order valence-electron chi connectivity index (χ1n) is 3.99. The van der Waals surface area contributed by atoms with Crippen LogP contribution in [0.5, 0.6) is 0 Å². The molecule has 0 aromatic heterocycles. The Morgan fingerprint density at radius 1 is 1.08 bits per heavy atom. The van der Waals surface area contributed by atoms with Gasteiger partial charge in [0.15, 0.2) is 0 Å². The van der Waals surface area contributed by atoms with Crippen molar-refractivity contribution in [2.24, 2.45) is 0 Å². The Labute approximate surface area is 73.8 Å². The molecular formula is C9H15O2P. The maximum absolute atomic E-state index is 11.8. The topological polar surface area (TPSA) is 26.3 Å². The maximum atomic E-state index is 11.8. The molecule has 0 saturated heterocycles. The van der Waals surface area contributed by atoms with Gasteiger partial charge in [-0.15, -0.1) is 0 Å². The van der Waals surface area contributed by atoms with E-state index in [0.717, 1.165) is 22.2 Å². The molecule has 0 amide bonds. The van der Waals surface area contributed by atoms with E-state index in [2.05, 4.69) is 0 Å². The van der Waals surface area contributed by atoms with Crippen LogP contribution in [0.2, 0.25) is 0 Å². The van der Waals surface area contributed by atoms with E-state index in [1.54, 1.807) is 6.66 Å². The van der Waals surface area contributed by atoms with Crippen LogP contribution in [-0.2, 0) is 9.09 Å². The second-order valence-electron chi connectivity index (χ2n) is 3.33. The minimum atomic E-state index is -2.51. The Bertz CT molecular complexity index is 323. The zero-order valence-electron chi connectivity index (χ0n) is 8.26. The normalized spacial score (nSPS) is 30.8. The smallest absolute Gasteiger partial charge is 0.270 e. The average molecular weight is 186 g/mol. The molecule has 3 heteroatoms. The van der Waals surface area contributed by atoms with E-state index >= 15 is 0 Å². The largest absolute Gasteiger partial charge is 0.445 e. The lowest BCUT2D eigenvalue weighted by Gasteiger charge is -2.25. The van der Waals surface area contributed by atoms with Gasteiger partial charge in [-0.2, -0.15) is 0 Å². The van der Waals surface area contributed by atoms with Crippen LogP contribution < -0.4 is 0 Å². The fourth-order valence-corrected chi connectivity index (χ4v) is 2.81. The summed E-state index contributed by atoms with van der Waals surface area (Å²) in [5.74, 6) is 0.795. The number of hydrogen-bond donors (Lipinski definition) is 0. The maximum Gasteiger partial charge on any atom is 0.270 e. The first-order valence-corrected chi connectivity index (χ1v) is 6.06. The van der Waals surface area contributed by atoms with Crippen LogP contribution in [0.15, 0.2) is 22.2 Å². The summed E-state index contributed by atoms with van der Waals surface area (Å²) >= 11 is 0. The van der Waals surface area contributed by atoms with Gasteiger partial charge in [-0.1, -0.05) is 0 Å². The Morgan fingerprint density at radius 2 is 1.58 bits per heavy atom. The van der Waals surface area contributed by atoms with E-state index < -0.39 is 7.37 Å². The van der Waals surface area contributed by atoms with E-state index in [9.17, 15) is 4.57 Å². The van der Waals surface area contributed by atoms with Crippen molar-refractivity contribution in [3.8, 4) is 0 Å². The van der Waals surface area contributed by atoms with E-state index in [1.165, 1.54) is 0 Å². The van der Waals surface area contributed by atoms with Gasteiger partial charge in [-0.05, 0) is 38.8 Å². The van der Waals surface area contributed by atoms with E-state index in [4.69, 9.17) is 4.52 Å². The van der Waals surface area contributed by atoms with E-state index in [-0.39, 0.29) is 0 Å². The van der Waals surface area contributed by atoms with Gasteiger partial charge in [0.2, 0.25) is 0 Å². The van der Waals surface area contributed by atoms with Gasteiger partial charge in [-0.3, -0.25) is 4.57 Å². The molecule has 68 valence electrons. The van der Waals surface area contributed by atoms with Gasteiger partial charge in [0.25, 0.3) is 7.37 Å². The third-order valence-electron chi connectivity index (χ3n) is 2.55. The minimum absolute atomic E-state index is 0.795. The van der Waals surface area contributed by atoms with Crippen LogP contribution in [0.25, 0.3) is 0 Å². The molecule has 0 radical (unpaired) electrons. The molecule has 0 fully saturated rings. The summed E-state index contributed by atoms with van der Waals surface area (Å²) < 4.78 is 17.2. The molecule has 0 N–H and O–H groups in total. The second-order valence-corrected chi connectivity index (χ2v) is 5.87. The number of rotatable bonds is 0. The average Bonchev–Trinajstić information content (AvgIpc) is 1.97. The Balaban J connectivity index is 3.30. The first-order chi connectivity index (χ1) is 5.36. The summed E-state index contributed by atoms with van der Waals surface area (Å²) in [6.07, 6.45) is 0. The molecule has 0 aliphatic carbocycles. The first kappa shape index (κ1) is 9.60. The zero-order valence-corrected chi connectivity index (χ0v) is 9.16. The van der Waals surface area contributed by atoms with Crippen molar-refractivity contribution < 1.29 is 9.09 Å². The van der Waals surface area contributed by atoms with E-state index in [0.29, 0.717) is 0 Å². The molecular weight excluding hydrogens is 171 g/mol. The number of allylic oxidation sites excluding steroid dienone is 4. The van der Waals surface area contributed by atoms with Crippen molar-refractivity contribution in [3.63, 3.8) is 0 Å². The predicted molar refractivity (Wildman–Crippen MR) is 51.4 cm³/mol. The van der Waals surface area contributed by atoms with Crippen LogP contribution in [0.4, 0.5) is 0 Å². The fourth-order valence-electron chi connectivity index (χ4n) is 1.24. The molecule has 1 heterocycles. The molecule has 0 bridgehead atoms. The van der Waals surface area contributed by atoms with Crippen molar-refractivity contribution in [3.05, 3.63) is 22.2 Å². The minimum Gasteiger partial charge on any atom is -0.445 e. The highest BCUT2D eigenvalue weighted by Crippen LogP contribution is 2.57. The van der Waals surface area contributed by atoms with Crippen LogP contribution in [0, 0.1) is 0 Å². The molecule has 1 atom stereocenters. The Kier molecular flexibility index (Phi) is 2.22. The highest BCUT2D eigenvalue weighted by Gasteiger charge is 2.27. The van der Waals surface area contributed by atoms with Crippen molar-refractivity contribution in [1.29, 1.82) is 0 Å². The second kappa shape index (κ2) is 2.77. The van der Waals surface area contributed by atoms with Crippen LogP contribution in [0.1, 0.15) is 27.7 Å². The molecule has 0 saturated carbocycles. The summed E-state index contributed by atoms with van der Waals surface area (Å²) in [6, 6.07) is 0. The van der Waals surface area contributed by atoms with Crippen molar-refractivity contribution >= 4 is 7.37 Å². The highest BCUT2D eigenvalue weighted by molar-refractivity contribution is 7.62. The third-order valence-corrected chi connectivity index (χ3v) is 4.73. The van der Waals surface area contributed by atoms with Crippen molar-refractivity contribution in [2.45, 2.75) is 27.7 Å². The highest BCUT2D eigenvalue weighted by atomic mass is 31.2. The molecule has 1 aliphatic heterocycles. The molecule has 0 aromatic rings. The fraction of sp³-hybridized carbons (Fsp3) is 0.556. The van der Waals surface area contributed by atoms with Gasteiger partial charge in [0.1, 0.15) is 5.76 Å². The molecule has 1 unspecified atom stereocenters. The third kappa shape index (κ3) is 1.36. The van der Waals surface area contributed by atoms with Gasteiger partial charge in [0, 0.05) is 12.0 Å². The summed E-state index contributed by atoms with van der Waals surface area (Å²) in [5.41, 5.74) is 2.23. The lowest BCUT2D eigenvalue weighted by atomic mass is 10.1. The summed E-state index contributed by atoms with van der Waals surface area (Å²) in [4.78, 5) is 0. The summed E-state index contributed by atoms with van der Waals surface area (Å²) in [6.45, 7) is 9.40. The standard InChI is InChI=1S/C9H15O2P/c1-6-7(2)9(4)12(5,10)11-8(6)3/h1-5H3. The molecule has 12 heavy (non-hydrogen) atoms. The zero-order chi connectivity index (χ0) is 9.52. The molecule has 2 nitrogen and oxygen atoms in total. The van der Waals surface area contributed by atoms with Crippen molar-refractivity contribution in [2.75, 3.05) is 6.66 Å². The monoisotopic (exact) mass is 186 g/mol. The van der Waals surface area contributed by atoms with Gasteiger partial charge < -0.3 is 4.52 Å². The molecule has 1 aliphatic rings. The van der Waals surface area contributed by atoms with Gasteiger partial charge in [-0.25, -0.2) is 0 Å². The van der Waals surface area contributed by atoms with Crippen molar-refractivity contribution in [1.82, 2.24) is 0 Å². The summed E-state index contributed by atoms with van der Waals surface area (Å²) in [7, 11) is -2.51. The van der Waals surface area contributed by atoms with E-state index in [1.807, 2.05) is 27.7 Å². The SMILES string of the molecule is CC1=C(C)C(C)=C(C)P(C)(=O)O1. The molecule has 0 spiro atoms. The predicted octanol–water partition coefficient (Wildman–Crippen LogP) is 3.51. The Hall–Kier alpha value is -0.490. The lowest BCUT2D eigenvalue weighted by molar-refractivity contribution is 0.406. The van der Waals surface area contributed by atoms with Gasteiger partial charge in [0.05, 0.1) is 0 Å². The lowest BCUT2D eigenvalue weighted by Crippen LogP contribution is -2.01. The Morgan fingerprint density at radius 3 is 2.08 bits per heavy atom. The van der Waals surface area contributed by atoms with Crippen LogP contribution >= 0.6 is 7.37 Å². The van der Waals surface area contributed by atoms with Crippen LogP contribution in [0.3, 0.4) is 0 Å².